The van der Waals surface area contributed by atoms with Gasteiger partial charge in [0, 0.05) is 30.1 Å². The van der Waals surface area contributed by atoms with Gasteiger partial charge in [0.15, 0.2) is 0 Å². The predicted molar refractivity (Wildman–Crippen MR) is 92.1 cm³/mol. The molecule has 1 atom stereocenters. The number of carboxylic acid groups (broad SMARTS) is 1. The van der Waals surface area contributed by atoms with Crippen LogP contribution >= 0.6 is 0 Å². The number of aromatic nitrogens is 1. The summed E-state index contributed by atoms with van der Waals surface area (Å²) in [5.74, 6) is -0.250. The smallest absolute Gasteiger partial charge is 0.326 e. The second-order valence-electron chi connectivity index (χ2n) is 6.27. The summed E-state index contributed by atoms with van der Waals surface area (Å²) in [5.41, 5.74) is 1.01. The lowest BCUT2D eigenvalue weighted by Gasteiger charge is -2.16. The molecule has 2 aromatic rings. The summed E-state index contributed by atoms with van der Waals surface area (Å²) in [4.78, 5) is 23.3. The van der Waals surface area contributed by atoms with Crippen LogP contribution in [0.5, 0.6) is 5.75 Å². The Hall–Kier alpha value is -2.50. The molecule has 1 aromatic carbocycles. The Labute approximate surface area is 141 Å². The van der Waals surface area contributed by atoms with E-state index in [0.717, 1.165) is 16.7 Å². The Morgan fingerprint density at radius 3 is 2.67 bits per heavy atom. The van der Waals surface area contributed by atoms with E-state index in [-0.39, 0.29) is 18.2 Å². The van der Waals surface area contributed by atoms with Gasteiger partial charge in [0.1, 0.15) is 11.8 Å². The SMILES string of the molecule is COc1ccc2c(ccn2CCC(=O)N[C@H](CC(C)C)C(=O)O)c1. The van der Waals surface area contributed by atoms with Crippen LogP contribution in [0.1, 0.15) is 26.7 Å². The number of carbonyl (C=O) groups excluding carboxylic acids is 1. The average Bonchev–Trinajstić information content (AvgIpc) is 2.93. The van der Waals surface area contributed by atoms with Crippen molar-refractivity contribution in [1.82, 2.24) is 9.88 Å². The van der Waals surface area contributed by atoms with Crippen LogP contribution in [0.15, 0.2) is 30.5 Å². The third-order valence-corrected chi connectivity index (χ3v) is 3.90. The van der Waals surface area contributed by atoms with E-state index < -0.39 is 12.0 Å². The van der Waals surface area contributed by atoms with Gasteiger partial charge >= 0.3 is 5.97 Å². The summed E-state index contributed by atoms with van der Waals surface area (Å²) in [6.07, 6.45) is 2.57. The Kier molecular flexibility index (Phi) is 5.84. The molecule has 130 valence electrons. The number of nitrogens with one attached hydrogen (secondary N) is 1. The first-order valence-corrected chi connectivity index (χ1v) is 8.05. The monoisotopic (exact) mass is 332 g/mol. The van der Waals surface area contributed by atoms with Crippen molar-refractivity contribution in [2.24, 2.45) is 5.92 Å². The topological polar surface area (TPSA) is 80.6 Å². The fourth-order valence-electron chi connectivity index (χ4n) is 2.68. The predicted octanol–water partition coefficient (Wildman–Crippen LogP) is 2.66. The number of carbonyl (C=O) groups is 2. The van der Waals surface area contributed by atoms with Crippen molar-refractivity contribution in [2.75, 3.05) is 7.11 Å². The number of benzene rings is 1. The second-order valence-corrected chi connectivity index (χ2v) is 6.27. The highest BCUT2D eigenvalue weighted by atomic mass is 16.5. The summed E-state index contributed by atoms with van der Waals surface area (Å²) < 4.78 is 7.18. The van der Waals surface area contributed by atoms with Gasteiger partial charge in [0.2, 0.25) is 5.91 Å². The van der Waals surface area contributed by atoms with E-state index in [9.17, 15) is 14.7 Å². The van der Waals surface area contributed by atoms with E-state index in [1.54, 1.807) is 7.11 Å². The van der Waals surface area contributed by atoms with Crippen molar-refractivity contribution in [2.45, 2.75) is 39.3 Å². The first kappa shape index (κ1) is 17.8. The lowest BCUT2D eigenvalue weighted by molar-refractivity contribution is -0.142. The molecule has 0 unspecified atom stereocenters. The van der Waals surface area contributed by atoms with Gasteiger partial charge in [0.05, 0.1) is 7.11 Å². The number of aryl methyl sites for hydroxylation is 1. The Balaban J connectivity index is 1.97. The van der Waals surface area contributed by atoms with Crippen LogP contribution in [0.4, 0.5) is 0 Å². The largest absolute Gasteiger partial charge is 0.497 e. The molecule has 0 radical (unpaired) electrons. The number of aliphatic carboxylic acids is 1. The van der Waals surface area contributed by atoms with Crippen molar-refractivity contribution in [3.05, 3.63) is 30.5 Å². The van der Waals surface area contributed by atoms with E-state index in [0.29, 0.717) is 13.0 Å². The first-order valence-electron chi connectivity index (χ1n) is 8.05. The number of ether oxygens (including phenoxy) is 1. The summed E-state index contributed by atoms with van der Waals surface area (Å²) >= 11 is 0. The first-order chi connectivity index (χ1) is 11.4. The molecule has 24 heavy (non-hydrogen) atoms. The third-order valence-electron chi connectivity index (χ3n) is 3.90. The summed E-state index contributed by atoms with van der Waals surface area (Å²) in [7, 11) is 1.62. The van der Waals surface area contributed by atoms with Crippen LogP contribution < -0.4 is 10.1 Å². The quantitative estimate of drug-likeness (QED) is 0.779. The molecular weight excluding hydrogens is 308 g/mol. The molecular formula is C18H24N2O4. The number of fused-ring (bicyclic) bond motifs is 1. The third kappa shape index (κ3) is 4.50. The Bertz CT molecular complexity index is 721. The zero-order chi connectivity index (χ0) is 17.7. The van der Waals surface area contributed by atoms with Crippen LogP contribution in [0, 0.1) is 5.92 Å². The standard InChI is InChI=1S/C18H24N2O4/c1-12(2)10-15(18(22)23)19-17(21)7-9-20-8-6-13-11-14(24-3)4-5-16(13)20/h4-6,8,11-12,15H,7,9-10H2,1-3H3,(H,19,21)(H,22,23)/t15-/m1/s1. The average molecular weight is 332 g/mol. The van der Waals surface area contributed by atoms with Crippen molar-refractivity contribution in [3.63, 3.8) is 0 Å². The highest BCUT2D eigenvalue weighted by molar-refractivity contribution is 5.84. The van der Waals surface area contributed by atoms with Crippen molar-refractivity contribution in [3.8, 4) is 5.75 Å². The van der Waals surface area contributed by atoms with Crippen molar-refractivity contribution in [1.29, 1.82) is 0 Å². The molecule has 0 fully saturated rings. The zero-order valence-electron chi connectivity index (χ0n) is 14.3. The maximum atomic E-state index is 12.1. The molecule has 1 heterocycles. The Morgan fingerprint density at radius 1 is 1.29 bits per heavy atom. The maximum Gasteiger partial charge on any atom is 0.326 e. The number of hydrogen-bond donors (Lipinski definition) is 2. The molecule has 0 saturated carbocycles. The molecule has 0 saturated heterocycles. The molecule has 0 spiro atoms. The van der Waals surface area contributed by atoms with Gasteiger partial charge < -0.3 is 19.7 Å². The lowest BCUT2D eigenvalue weighted by atomic mass is 10.0. The van der Waals surface area contributed by atoms with Gasteiger partial charge in [-0.15, -0.1) is 0 Å². The van der Waals surface area contributed by atoms with Crippen LogP contribution in [-0.4, -0.2) is 34.7 Å². The van der Waals surface area contributed by atoms with Crippen LogP contribution in [0.3, 0.4) is 0 Å². The van der Waals surface area contributed by atoms with Crippen molar-refractivity contribution >= 4 is 22.8 Å². The van der Waals surface area contributed by atoms with Gasteiger partial charge in [-0.05, 0) is 36.6 Å². The van der Waals surface area contributed by atoms with Gasteiger partial charge in [-0.1, -0.05) is 13.8 Å². The minimum atomic E-state index is -0.990. The highest BCUT2D eigenvalue weighted by Gasteiger charge is 2.20. The molecule has 1 aromatic heterocycles. The zero-order valence-corrected chi connectivity index (χ0v) is 14.3. The molecule has 1 amide bonds. The molecule has 0 aliphatic rings. The van der Waals surface area contributed by atoms with E-state index >= 15 is 0 Å². The van der Waals surface area contributed by atoms with Crippen LogP contribution in [0.2, 0.25) is 0 Å². The number of hydrogen-bond acceptors (Lipinski definition) is 3. The molecule has 6 heteroatoms. The number of nitrogens with zero attached hydrogens (tertiary/aromatic N) is 1. The minimum absolute atomic E-state index is 0.203. The normalized spacial score (nSPS) is 12.3. The lowest BCUT2D eigenvalue weighted by Crippen LogP contribution is -2.41. The Morgan fingerprint density at radius 2 is 2.04 bits per heavy atom. The molecule has 6 nitrogen and oxygen atoms in total. The van der Waals surface area contributed by atoms with E-state index in [2.05, 4.69) is 5.32 Å². The second kappa shape index (κ2) is 7.86. The maximum absolute atomic E-state index is 12.1. The highest BCUT2D eigenvalue weighted by Crippen LogP contribution is 2.22. The molecule has 0 bridgehead atoms. The van der Waals surface area contributed by atoms with Gasteiger partial charge in [-0.3, -0.25) is 4.79 Å². The number of methoxy groups -OCH3 is 1. The minimum Gasteiger partial charge on any atom is -0.497 e. The molecule has 0 aliphatic heterocycles. The summed E-state index contributed by atoms with van der Waals surface area (Å²) in [5, 5.41) is 12.8. The van der Waals surface area contributed by atoms with Gasteiger partial charge in [-0.2, -0.15) is 0 Å². The van der Waals surface area contributed by atoms with E-state index in [1.807, 2.05) is 48.9 Å². The van der Waals surface area contributed by atoms with Crippen molar-refractivity contribution < 1.29 is 19.4 Å². The van der Waals surface area contributed by atoms with E-state index in [1.165, 1.54) is 0 Å². The van der Waals surface area contributed by atoms with Crippen LogP contribution in [0.25, 0.3) is 10.9 Å². The summed E-state index contributed by atoms with van der Waals surface area (Å²) in [6, 6.07) is 6.90. The fraction of sp³-hybridized carbons (Fsp3) is 0.444. The number of amides is 1. The van der Waals surface area contributed by atoms with Gasteiger partial charge in [-0.25, -0.2) is 4.79 Å². The van der Waals surface area contributed by atoms with E-state index in [4.69, 9.17) is 4.74 Å². The molecule has 2 N–H and O–H groups in total. The van der Waals surface area contributed by atoms with Crippen LogP contribution in [-0.2, 0) is 16.1 Å². The number of carboxylic acids is 1. The van der Waals surface area contributed by atoms with Gasteiger partial charge in [0.25, 0.3) is 0 Å². The fourth-order valence-corrected chi connectivity index (χ4v) is 2.68. The summed E-state index contributed by atoms with van der Waals surface area (Å²) in [6.45, 7) is 4.36. The molecule has 0 aliphatic carbocycles. The molecule has 2 rings (SSSR count). The number of rotatable bonds is 8.